The average Bonchev–Trinajstić information content (AvgIpc) is 2.73. The smallest absolute Gasteiger partial charge is 0.134 e. The van der Waals surface area contributed by atoms with Crippen molar-refractivity contribution in [3.8, 4) is 5.75 Å². The quantitative estimate of drug-likeness (QED) is 0.786. The van der Waals surface area contributed by atoms with Crippen LogP contribution in [0.25, 0.3) is 0 Å². The first kappa shape index (κ1) is 10.7. The number of benzene rings is 1. The molecule has 16 heavy (non-hydrogen) atoms. The van der Waals surface area contributed by atoms with Crippen LogP contribution in [0.4, 0.5) is 0 Å². The molecule has 0 aliphatic rings. The van der Waals surface area contributed by atoms with E-state index in [9.17, 15) is 0 Å². The summed E-state index contributed by atoms with van der Waals surface area (Å²) >= 11 is 0. The molecular formula is C12H15N3O. The highest BCUT2D eigenvalue weighted by Crippen LogP contribution is 2.14. The molecule has 0 saturated carbocycles. The molecule has 1 aromatic heterocycles. The third-order valence-electron chi connectivity index (χ3n) is 2.34. The normalized spacial score (nSPS) is 10.4. The summed E-state index contributed by atoms with van der Waals surface area (Å²) in [6.07, 6.45) is 2.87. The highest BCUT2D eigenvalue weighted by Gasteiger charge is 2.00. The van der Waals surface area contributed by atoms with Gasteiger partial charge in [0, 0.05) is 7.05 Å². The van der Waals surface area contributed by atoms with Crippen molar-refractivity contribution in [2.75, 3.05) is 0 Å². The predicted octanol–water partition coefficient (Wildman–Crippen LogP) is 1.96. The fourth-order valence-corrected chi connectivity index (χ4v) is 1.47. The molecule has 0 saturated heterocycles. The Morgan fingerprint density at radius 1 is 1.38 bits per heavy atom. The summed E-state index contributed by atoms with van der Waals surface area (Å²) in [6.45, 7) is 2.59. The second-order valence-corrected chi connectivity index (χ2v) is 3.67. The van der Waals surface area contributed by atoms with Gasteiger partial charge in [-0.15, -0.1) is 5.10 Å². The Bertz CT molecular complexity index is 465. The minimum absolute atomic E-state index is 0.459. The molecule has 84 valence electrons. The van der Waals surface area contributed by atoms with E-state index in [2.05, 4.69) is 29.4 Å². The van der Waals surface area contributed by atoms with Crippen LogP contribution in [0.5, 0.6) is 5.75 Å². The van der Waals surface area contributed by atoms with Crippen LogP contribution in [0.2, 0.25) is 0 Å². The van der Waals surface area contributed by atoms with Crippen LogP contribution >= 0.6 is 0 Å². The van der Waals surface area contributed by atoms with Gasteiger partial charge < -0.3 is 4.74 Å². The summed E-state index contributed by atoms with van der Waals surface area (Å²) in [5.41, 5.74) is 2.11. The van der Waals surface area contributed by atoms with Gasteiger partial charge in [0.15, 0.2) is 0 Å². The molecule has 4 heteroatoms. The molecule has 0 N–H and O–H groups in total. The predicted molar refractivity (Wildman–Crippen MR) is 61.2 cm³/mol. The fourth-order valence-electron chi connectivity index (χ4n) is 1.47. The minimum atomic E-state index is 0.459. The van der Waals surface area contributed by atoms with Crippen LogP contribution in [0, 0.1) is 0 Å². The van der Waals surface area contributed by atoms with Crippen molar-refractivity contribution in [2.24, 2.45) is 7.05 Å². The summed E-state index contributed by atoms with van der Waals surface area (Å²) in [5.74, 6) is 0.880. The van der Waals surface area contributed by atoms with Gasteiger partial charge in [-0.1, -0.05) is 24.3 Å². The van der Waals surface area contributed by atoms with Crippen LogP contribution in [-0.2, 0) is 20.1 Å². The SMILES string of the molecule is CCc1cccc(OCc2cn(C)nn2)c1. The van der Waals surface area contributed by atoms with E-state index in [1.54, 1.807) is 4.68 Å². The molecule has 0 fully saturated rings. The molecule has 0 spiro atoms. The van der Waals surface area contributed by atoms with Crippen LogP contribution < -0.4 is 4.74 Å². The van der Waals surface area contributed by atoms with E-state index in [1.807, 2.05) is 25.4 Å². The number of hydrogen-bond acceptors (Lipinski definition) is 3. The van der Waals surface area contributed by atoms with Gasteiger partial charge in [0.1, 0.15) is 18.1 Å². The Kier molecular flexibility index (Phi) is 3.19. The number of nitrogens with zero attached hydrogens (tertiary/aromatic N) is 3. The van der Waals surface area contributed by atoms with Crippen molar-refractivity contribution in [1.82, 2.24) is 15.0 Å². The van der Waals surface area contributed by atoms with Gasteiger partial charge in [-0.3, -0.25) is 4.68 Å². The lowest BCUT2D eigenvalue weighted by Gasteiger charge is -2.05. The van der Waals surface area contributed by atoms with Crippen LogP contribution in [-0.4, -0.2) is 15.0 Å². The molecule has 2 aromatic rings. The Balaban J connectivity index is 1.99. The zero-order valence-corrected chi connectivity index (χ0v) is 9.55. The highest BCUT2D eigenvalue weighted by atomic mass is 16.5. The first-order valence-electron chi connectivity index (χ1n) is 5.35. The van der Waals surface area contributed by atoms with E-state index in [-0.39, 0.29) is 0 Å². The second kappa shape index (κ2) is 4.79. The van der Waals surface area contributed by atoms with Gasteiger partial charge in [0.25, 0.3) is 0 Å². The largest absolute Gasteiger partial charge is 0.487 e. The molecule has 0 aliphatic heterocycles. The van der Waals surface area contributed by atoms with E-state index >= 15 is 0 Å². The number of ether oxygens (including phenoxy) is 1. The zero-order chi connectivity index (χ0) is 11.4. The standard InChI is InChI=1S/C12H15N3O/c1-3-10-5-4-6-12(7-10)16-9-11-8-15(2)14-13-11/h4-8H,3,9H2,1-2H3. The van der Waals surface area contributed by atoms with E-state index in [1.165, 1.54) is 5.56 Å². The Labute approximate surface area is 94.9 Å². The lowest BCUT2D eigenvalue weighted by atomic mass is 10.2. The van der Waals surface area contributed by atoms with Gasteiger partial charge >= 0.3 is 0 Å². The Morgan fingerprint density at radius 2 is 2.25 bits per heavy atom. The highest BCUT2D eigenvalue weighted by molar-refractivity contribution is 5.28. The Morgan fingerprint density at radius 3 is 2.94 bits per heavy atom. The molecular weight excluding hydrogens is 202 g/mol. The van der Waals surface area contributed by atoms with Crippen LogP contribution in [0.3, 0.4) is 0 Å². The van der Waals surface area contributed by atoms with Gasteiger partial charge in [-0.05, 0) is 24.1 Å². The molecule has 1 aromatic carbocycles. The van der Waals surface area contributed by atoms with E-state index in [0.717, 1.165) is 17.9 Å². The molecule has 0 radical (unpaired) electrons. The third-order valence-corrected chi connectivity index (χ3v) is 2.34. The molecule has 2 rings (SSSR count). The fraction of sp³-hybridized carbons (Fsp3) is 0.333. The van der Waals surface area contributed by atoms with E-state index in [4.69, 9.17) is 4.74 Å². The van der Waals surface area contributed by atoms with Gasteiger partial charge in [-0.25, -0.2) is 0 Å². The number of rotatable bonds is 4. The maximum atomic E-state index is 5.63. The zero-order valence-electron chi connectivity index (χ0n) is 9.55. The summed E-state index contributed by atoms with van der Waals surface area (Å²) in [5, 5.41) is 7.81. The molecule has 1 heterocycles. The van der Waals surface area contributed by atoms with Crippen molar-refractivity contribution in [3.63, 3.8) is 0 Å². The van der Waals surface area contributed by atoms with Crippen molar-refractivity contribution in [3.05, 3.63) is 41.7 Å². The number of aryl methyl sites for hydroxylation is 2. The maximum Gasteiger partial charge on any atom is 0.134 e. The lowest BCUT2D eigenvalue weighted by Crippen LogP contribution is -1.96. The third kappa shape index (κ3) is 2.59. The van der Waals surface area contributed by atoms with Crippen molar-refractivity contribution >= 4 is 0 Å². The number of aromatic nitrogens is 3. The van der Waals surface area contributed by atoms with E-state index in [0.29, 0.717) is 6.61 Å². The molecule has 0 atom stereocenters. The van der Waals surface area contributed by atoms with Crippen LogP contribution in [0.15, 0.2) is 30.5 Å². The first-order valence-corrected chi connectivity index (χ1v) is 5.35. The second-order valence-electron chi connectivity index (χ2n) is 3.67. The first-order chi connectivity index (χ1) is 7.78. The van der Waals surface area contributed by atoms with Crippen molar-refractivity contribution < 1.29 is 4.74 Å². The summed E-state index contributed by atoms with van der Waals surface area (Å²) in [6, 6.07) is 8.10. The van der Waals surface area contributed by atoms with Gasteiger partial charge in [0.2, 0.25) is 0 Å². The molecule has 0 amide bonds. The summed E-state index contributed by atoms with van der Waals surface area (Å²) < 4.78 is 7.30. The van der Waals surface area contributed by atoms with E-state index < -0.39 is 0 Å². The molecule has 0 aliphatic carbocycles. The monoisotopic (exact) mass is 217 g/mol. The molecule has 4 nitrogen and oxygen atoms in total. The average molecular weight is 217 g/mol. The maximum absolute atomic E-state index is 5.63. The lowest BCUT2D eigenvalue weighted by molar-refractivity contribution is 0.301. The molecule has 0 bridgehead atoms. The van der Waals surface area contributed by atoms with Crippen molar-refractivity contribution in [2.45, 2.75) is 20.0 Å². The summed E-state index contributed by atoms with van der Waals surface area (Å²) in [4.78, 5) is 0. The van der Waals surface area contributed by atoms with Gasteiger partial charge in [-0.2, -0.15) is 0 Å². The topological polar surface area (TPSA) is 39.9 Å². The van der Waals surface area contributed by atoms with Crippen molar-refractivity contribution in [1.29, 1.82) is 0 Å². The van der Waals surface area contributed by atoms with Crippen LogP contribution in [0.1, 0.15) is 18.2 Å². The number of hydrogen-bond donors (Lipinski definition) is 0. The Hall–Kier alpha value is -1.84. The summed E-state index contributed by atoms with van der Waals surface area (Å²) in [7, 11) is 1.84. The molecule has 0 unspecified atom stereocenters. The minimum Gasteiger partial charge on any atom is -0.487 e. The van der Waals surface area contributed by atoms with Gasteiger partial charge in [0.05, 0.1) is 6.20 Å².